The third-order valence-electron chi connectivity index (χ3n) is 10.6. The van der Waals surface area contributed by atoms with E-state index in [9.17, 15) is 18.6 Å². The first kappa shape index (κ1) is 40.0. The SMILES string of the molecule is CCCCc1c(-c2ccc(C(=O)NS(=O)c3ccc4ccccc4c3)cc2C(=O)N2CCc3ccccc3C2)c(C(=O)OCC)nn1-c1ccc(Oc2ccccc2)cc1. The number of nitrogens with one attached hydrogen (secondary N) is 1. The molecule has 10 nitrogen and oxygen atoms in total. The van der Waals surface area contributed by atoms with Gasteiger partial charge in [0.1, 0.15) is 11.5 Å². The molecule has 1 aliphatic heterocycles. The summed E-state index contributed by atoms with van der Waals surface area (Å²) in [5, 5.41) is 6.78. The molecule has 8 rings (SSSR count). The van der Waals surface area contributed by atoms with Crippen molar-refractivity contribution in [1.82, 2.24) is 19.4 Å². The predicted octanol–water partition coefficient (Wildman–Crippen LogP) is 9.66. The Bertz CT molecular complexity index is 2730. The predicted molar refractivity (Wildman–Crippen MR) is 233 cm³/mol. The topological polar surface area (TPSA) is 120 Å². The Morgan fingerprint density at radius 1 is 0.767 bits per heavy atom. The molecule has 1 N–H and O–H groups in total. The van der Waals surface area contributed by atoms with Gasteiger partial charge >= 0.3 is 5.97 Å². The Labute approximate surface area is 351 Å². The number of benzene rings is 6. The molecule has 0 spiro atoms. The number of nitrogens with zero attached hydrogens (tertiary/aromatic N) is 3. The molecular formula is C49H44N4O6S. The number of esters is 1. The average Bonchev–Trinajstić information content (AvgIpc) is 3.67. The van der Waals surface area contributed by atoms with E-state index >= 15 is 0 Å². The maximum Gasteiger partial charge on any atom is 0.359 e. The summed E-state index contributed by atoms with van der Waals surface area (Å²) >= 11 is 0. The number of carbonyl (C=O) groups excluding carboxylic acids is 3. The Hall–Kier alpha value is -6.85. The van der Waals surface area contributed by atoms with E-state index < -0.39 is 22.9 Å². The van der Waals surface area contributed by atoms with Gasteiger partial charge in [0.25, 0.3) is 11.8 Å². The summed E-state index contributed by atoms with van der Waals surface area (Å²) in [4.78, 5) is 44.9. The molecule has 302 valence electrons. The quantitative estimate of drug-likeness (QED) is 0.115. The molecule has 1 aliphatic rings. The average molecular weight is 817 g/mol. The fraction of sp³-hybridized carbons (Fsp3) is 0.184. The van der Waals surface area contributed by atoms with Crippen LogP contribution in [0.4, 0.5) is 0 Å². The summed E-state index contributed by atoms with van der Waals surface area (Å²) < 4.78 is 29.6. The lowest BCUT2D eigenvalue weighted by atomic mass is 9.92. The van der Waals surface area contributed by atoms with Crippen molar-refractivity contribution in [3.63, 3.8) is 0 Å². The lowest BCUT2D eigenvalue weighted by molar-refractivity contribution is 0.0519. The third kappa shape index (κ3) is 8.48. The van der Waals surface area contributed by atoms with Crippen LogP contribution in [0.3, 0.4) is 0 Å². The maximum absolute atomic E-state index is 14.9. The van der Waals surface area contributed by atoms with E-state index in [1.807, 2.05) is 103 Å². The second-order valence-electron chi connectivity index (χ2n) is 14.5. The van der Waals surface area contributed by atoms with E-state index in [1.165, 1.54) is 11.6 Å². The molecule has 2 heterocycles. The van der Waals surface area contributed by atoms with Crippen LogP contribution >= 0.6 is 0 Å². The van der Waals surface area contributed by atoms with Crippen LogP contribution in [0.15, 0.2) is 144 Å². The molecule has 60 heavy (non-hydrogen) atoms. The molecule has 0 aliphatic carbocycles. The Morgan fingerprint density at radius 2 is 1.48 bits per heavy atom. The van der Waals surface area contributed by atoms with Crippen molar-refractivity contribution < 1.29 is 28.1 Å². The number of rotatable bonds is 13. The molecule has 0 radical (unpaired) electrons. The van der Waals surface area contributed by atoms with Crippen LogP contribution in [0.2, 0.25) is 0 Å². The van der Waals surface area contributed by atoms with Gasteiger partial charge in [0.15, 0.2) is 16.7 Å². The molecule has 11 heteroatoms. The fourth-order valence-electron chi connectivity index (χ4n) is 7.55. The molecule has 0 fully saturated rings. The lowest BCUT2D eigenvalue weighted by Crippen LogP contribution is -2.36. The van der Waals surface area contributed by atoms with Crippen LogP contribution in [0.25, 0.3) is 27.6 Å². The molecule has 0 saturated carbocycles. The van der Waals surface area contributed by atoms with Crippen molar-refractivity contribution in [2.45, 2.75) is 51.0 Å². The molecule has 0 bridgehead atoms. The molecule has 2 amide bonds. The highest BCUT2D eigenvalue weighted by Gasteiger charge is 2.31. The summed E-state index contributed by atoms with van der Waals surface area (Å²) in [5.41, 5.74) is 4.93. The second kappa shape index (κ2) is 18.0. The zero-order valence-corrected chi connectivity index (χ0v) is 34.2. The van der Waals surface area contributed by atoms with Gasteiger partial charge in [0.2, 0.25) is 0 Å². The van der Waals surface area contributed by atoms with E-state index in [0.29, 0.717) is 64.8 Å². The van der Waals surface area contributed by atoms with Crippen molar-refractivity contribution in [3.05, 3.63) is 173 Å². The van der Waals surface area contributed by atoms with Gasteiger partial charge in [-0.3, -0.25) is 14.3 Å². The number of para-hydroxylation sites is 1. The number of aromatic nitrogens is 2. The minimum atomic E-state index is -1.89. The number of hydrogen-bond donors (Lipinski definition) is 1. The smallest absolute Gasteiger partial charge is 0.359 e. The van der Waals surface area contributed by atoms with E-state index in [-0.39, 0.29) is 29.3 Å². The lowest BCUT2D eigenvalue weighted by Gasteiger charge is -2.29. The number of fused-ring (bicyclic) bond motifs is 2. The van der Waals surface area contributed by atoms with Crippen LogP contribution in [0, 0.1) is 0 Å². The van der Waals surface area contributed by atoms with E-state index in [4.69, 9.17) is 14.6 Å². The van der Waals surface area contributed by atoms with E-state index in [0.717, 1.165) is 29.2 Å². The number of amides is 2. The highest BCUT2D eigenvalue weighted by atomic mass is 32.2. The van der Waals surface area contributed by atoms with Crippen molar-refractivity contribution >= 4 is 39.5 Å². The maximum atomic E-state index is 14.9. The Balaban J connectivity index is 1.22. The van der Waals surface area contributed by atoms with Crippen LogP contribution in [0.5, 0.6) is 11.5 Å². The van der Waals surface area contributed by atoms with Gasteiger partial charge < -0.3 is 14.4 Å². The highest BCUT2D eigenvalue weighted by molar-refractivity contribution is 7.83. The van der Waals surface area contributed by atoms with Crippen molar-refractivity contribution in [3.8, 4) is 28.3 Å². The van der Waals surface area contributed by atoms with Crippen molar-refractivity contribution in [2.24, 2.45) is 0 Å². The van der Waals surface area contributed by atoms with Gasteiger partial charge in [0, 0.05) is 29.8 Å². The van der Waals surface area contributed by atoms with Crippen LogP contribution in [0.1, 0.15) is 74.7 Å². The minimum absolute atomic E-state index is 0.0558. The van der Waals surface area contributed by atoms with Crippen molar-refractivity contribution in [1.29, 1.82) is 0 Å². The molecule has 0 saturated heterocycles. The van der Waals surface area contributed by atoms with E-state index in [1.54, 1.807) is 40.8 Å². The zero-order chi connectivity index (χ0) is 41.6. The van der Waals surface area contributed by atoms with Crippen LogP contribution in [-0.4, -0.2) is 49.8 Å². The van der Waals surface area contributed by atoms with Gasteiger partial charge in [-0.1, -0.05) is 92.2 Å². The normalized spacial score (nSPS) is 12.7. The molecule has 6 aromatic carbocycles. The summed E-state index contributed by atoms with van der Waals surface area (Å²) in [5.74, 6) is -0.227. The van der Waals surface area contributed by atoms with Gasteiger partial charge in [-0.15, -0.1) is 0 Å². The Morgan fingerprint density at radius 3 is 2.25 bits per heavy atom. The Kier molecular flexibility index (Phi) is 12.0. The van der Waals surface area contributed by atoms with Crippen molar-refractivity contribution in [2.75, 3.05) is 13.2 Å². The number of hydrogen-bond acceptors (Lipinski definition) is 7. The molecule has 1 aromatic heterocycles. The van der Waals surface area contributed by atoms with Gasteiger partial charge in [-0.2, -0.15) is 5.10 Å². The first-order valence-electron chi connectivity index (χ1n) is 20.2. The van der Waals surface area contributed by atoms with E-state index in [2.05, 4.69) is 17.7 Å². The first-order chi connectivity index (χ1) is 29.3. The second-order valence-corrected chi connectivity index (χ2v) is 15.7. The van der Waals surface area contributed by atoms with Gasteiger partial charge in [0.05, 0.1) is 22.9 Å². The summed E-state index contributed by atoms with van der Waals surface area (Å²) in [6.45, 7) is 4.77. The first-order valence-corrected chi connectivity index (χ1v) is 21.3. The molecular weight excluding hydrogens is 773 g/mol. The fourth-order valence-corrected chi connectivity index (χ4v) is 8.38. The van der Waals surface area contributed by atoms with Gasteiger partial charge in [-0.25, -0.2) is 13.7 Å². The number of unbranched alkanes of at least 4 members (excludes halogenated alkanes) is 1. The molecule has 7 aromatic rings. The molecule has 1 unspecified atom stereocenters. The minimum Gasteiger partial charge on any atom is -0.461 e. The molecule has 1 atom stereocenters. The summed E-state index contributed by atoms with van der Waals surface area (Å²) in [6.07, 6.45) is 2.82. The highest BCUT2D eigenvalue weighted by Crippen LogP contribution is 2.36. The van der Waals surface area contributed by atoms with Gasteiger partial charge in [-0.05, 0) is 114 Å². The van der Waals surface area contributed by atoms with Crippen LogP contribution < -0.4 is 9.46 Å². The summed E-state index contributed by atoms with van der Waals surface area (Å²) in [6, 6.07) is 42.9. The standard InChI is InChI=1S/C49H44N4O6S/c1-3-5-19-44-45(46(49(56)58-4-2)50-53(44)38-22-24-40(25-23-38)59-39-17-7-6-8-18-39)42-27-21-36(31-43(42)48(55)52-29-28-34-14-10-12-16-37(34)32-52)47(54)51-60(57)41-26-20-33-13-9-11-15-35(33)30-41/h6-18,20-27,30-31H,3-5,19,28-29,32H2,1-2H3,(H,51,54). The number of carbonyl (C=O) groups is 3. The third-order valence-corrected chi connectivity index (χ3v) is 11.6. The number of ether oxygens (including phenoxy) is 2. The monoisotopic (exact) mass is 816 g/mol. The summed E-state index contributed by atoms with van der Waals surface area (Å²) in [7, 11) is -1.89. The largest absolute Gasteiger partial charge is 0.461 e. The van der Waals surface area contributed by atoms with Crippen LogP contribution in [-0.2, 0) is 35.1 Å². The zero-order valence-electron chi connectivity index (χ0n) is 33.4.